The predicted molar refractivity (Wildman–Crippen MR) is 93.2 cm³/mol. The van der Waals surface area contributed by atoms with Crippen LogP contribution in [0.5, 0.6) is 0 Å². The summed E-state index contributed by atoms with van der Waals surface area (Å²) in [4.78, 5) is 17.5. The second-order valence-corrected chi connectivity index (χ2v) is 5.92. The molecule has 3 aromatic rings. The fourth-order valence-electron chi connectivity index (χ4n) is 3.19. The molecule has 0 saturated heterocycles. The number of pyridine rings is 1. The van der Waals surface area contributed by atoms with E-state index in [0.717, 1.165) is 16.6 Å². The molecule has 2 N–H and O–H groups in total. The molecule has 2 aromatic carbocycles. The fourth-order valence-corrected chi connectivity index (χ4v) is 3.19. The van der Waals surface area contributed by atoms with Crippen molar-refractivity contribution in [2.45, 2.75) is 12.8 Å². The monoisotopic (exact) mass is 318 g/mol. The number of para-hydroxylation sites is 1. The Labute approximate surface area is 138 Å². The van der Waals surface area contributed by atoms with E-state index in [1.807, 2.05) is 24.3 Å². The van der Waals surface area contributed by atoms with Crippen LogP contribution in [0.1, 0.15) is 28.0 Å². The first kappa shape index (κ1) is 14.6. The van der Waals surface area contributed by atoms with E-state index in [2.05, 4.69) is 4.98 Å². The number of hydrogen-bond acceptors (Lipinski definition) is 3. The number of anilines is 1. The van der Waals surface area contributed by atoms with Crippen LogP contribution in [-0.4, -0.2) is 10.8 Å². The Morgan fingerprint density at radius 1 is 1.08 bits per heavy atom. The van der Waals surface area contributed by atoms with Crippen molar-refractivity contribution >= 4 is 28.4 Å². The first-order valence-corrected chi connectivity index (χ1v) is 7.81. The number of allylic oxidation sites excluding steroid dienone is 1. The SMILES string of the molecule is Nc1c2c(nc3ccccc13)CC/C(=C\c1cccc(F)c1)C2=O. The molecular weight excluding hydrogens is 303 g/mol. The smallest absolute Gasteiger partial charge is 0.192 e. The van der Waals surface area contributed by atoms with Crippen LogP contribution < -0.4 is 5.73 Å². The van der Waals surface area contributed by atoms with Crippen LogP contribution in [0.2, 0.25) is 0 Å². The van der Waals surface area contributed by atoms with E-state index < -0.39 is 0 Å². The number of carbonyl (C=O) groups excluding carboxylic acids is 1. The number of aryl methyl sites for hydroxylation is 1. The number of aromatic nitrogens is 1. The molecular formula is C20H15FN2O. The maximum atomic E-state index is 13.4. The molecule has 1 heterocycles. The lowest BCUT2D eigenvalue weighted by atomic mass is 9.87. The molecule has 0 bridgehead atoms. The molecule has 118 valence electrons. The normalized spacial score (nSPS) is 15.7. The third kappa shape index (κ3) is 2.36. The minimum absolute atomic E-state index is 0.115. The number of nitrogens with two attached hydrogens (primary N) is 1. The lowest BCUT2D eigenvalue weighted by Crippen LogP contribution is -2.18. The van der Waals surface area contributed by atoms with E-state index in [-0.39, 0.29) is 11.6 Å². The zero-order chi connectivity index (χ0) is 16.7. The summed E-state index contributed by atoms with van der Waals surface area (Å²) in [5.41, 5.74) is 10.1. The van der Waals surface area contributed by atoms with Gasteiger partial charge >= 0.3 is 0 Å². The molecule has 1 aliphatic carbocycles. The number of carbonyl (C=O) groups is 1. The van der Waals surface area contributed by atoms with Crippen LogP contribution in [-0.2, 0) is 6.42 Å². The van der Waals surface area contributed by atoms with Crippen LogP contribution in [0.15, 0.2) is 54.1 Å². The molecule has 0 saturated carbocycles. The molecule has 1 aromatic heterocycles. The average molecular weight is 318 g/mol. The number of ketones is 1. The lowest BCUT2D eigenvalue weighted by Gasteiger charge is -2.20. The van der Waals surface area contributed by atoms with Crippen molar-refractivity contribution in [2.75, 3.05) is 5.73 Å². The summed E-state index contributed by atoms with van der Waals surface area (Å²) in [6.07, 6.45) is 2.97. The van der Waals surface area contributed by atoms with Gasteiger partial charge in [-0.2, -0.15) is 0 Å². The van der Waals surface area contributed by atoms with Crippen LogP contribution in [0.4, 0.5) is 10.1 Å². The second kappa shape index (κ2) is 5.57. The first-order chi connectivity index (χ1) is 11.6. The summed E-state index contributed by atoms with van der Waals surface area (Å²) in [6, 6.07) is 13.8. The van der Waals surface area contributed by atoms with Gasteiger partial charge in [-0.3, -0.25) is 9.78 Å². The maximum Gasteiger partial charge on any atom is 0.192 e. The quantitative estimate of drug-likeness (QED) is 0.685. The van der Waals surface area contributed by atoms with E-state index in [1.165, 1.54) is 12.1 Å². The van der Waals surface area contributed by atoms with E-state index in [9.17, 15) is 9.18 Å². The molecule has 0 radical (unpaired) electrons. The molecule has 4 rings (SSSR count). The van der Waals surface area contributed by atoms with E-state index in [1.54, 1.807) is 18.2 Å². The van der Waals surface area contributed by atoms with Crippen molar-refractivity contribution < 1.29 is 9.18 Å². The van der Waals surface area contributed by atoms with Crippen molar-refractivity contribution in [2.24, 2.45) is 0 Å². The van der Waals surface area contributed by atoms with Gasteiger partial charge in [0, 0.05) is 11.0 Å². The molecule has 0 atom stereocenters. The molecule has 0 spiro atoms. The zero-order valence-electron chi connectivity index (χ0n) is 12.9. The first-order valence-electron chi connectivity index (χ1n) is 7.81. The number of benzene rings is 2. The van der Waals surface area contributed by atoms with E-state index >= 15 is 0 Å². The minimum Gasteiger partial charge on any atom is -0.398 e. The van der Waals surface area contributed by atoms with Crippen LogP contribution >= 0.6 is 0 Å². The van der Waals surface area contributed by atoms with Gasteiger partial charge in [0.05, 0.1) is 22.5 Å². The van der Waals surface area contributed by atoms with Gasteiger partial charge in [0.2, 0.25) is 0 Å². The van der Waals surface area contributed by atoms with Gasteiger partial charge in [0.25, 0.3) is 0 Å². The van der Waals surface area contributed by atoms with Crippen LogP contribution in [0.25, 0.3) is 17.0 Å². The predicted octanol–water partition coefficient (Wildman–Crippen LogP) is 4.17. The summed E-state index contributed by atoms with van der Waals surface area (Å²) in [7, 11) is 0. The Kier molecular flexibility index (Phi) is 3.38. The highest BCUT2D eigenvalue weighted by atomic mass is 19.1. The van der Waals surface area contributed by atoms with Crippen molar-refractivity contribution in [1.29, 1.82) is 0 Å². The third-order valence-electron chi connectivity index (χ3n) is 4.35. The highest BCUT2D eigenvalue weighted by Gasteiger charge is 2.26. The minimum atomic E-state index is -0.319. The highest BCUT2D eigenvalue weighted by Crippen LogP contribution is 2.33. The van der Waals surface area contributed by atoms with E-state index in [0.29, 0.717) is 35.2 Å². The summed E-state index contributed by atoms with van der Waals surface area (Å²) >= 11 is 0. The topological polar surface area (TPSA) is 56.0 Å². The molecule has 0 aliphatic heterocycles. The Morgan fingerprint density at radius 2 is 1.92 bits per heavy atom. The molecule has 0 amide bonds. The number of Topliss-reactive ketones (excluding diaryl/α,β-unsaturated/α-hetero) is 1. The van der Waals surface area contributed by atoms with Gasteiger partial charge in [-0.05, 0) is 42.7 Å². The van der Waals surface area contributed by atoms with Crippen molar-refractivity contribution in [1.82, 2.24) is 4.98 Å². The number of fused-ring (bicyclic) bond motifs is 2. The maximum absolute atomic E-state index is 13.4. The second-order valence-electron chi connectivity index (χ2n) is 5.92. The van der Waals surface area contributed by atoms with Gasteiger partial charge in [0.1, 0.15) is 5.82 Å². The number of halogens is 1. The number of rotatable bonds is 1. The Bertz CT molecular complexity index is 1010. The summed E-state index contributed by atoms with van der Waals surface area (Å²) in [6.45, 7) is 0. The zero-order valence-corrected chi connectivity index (χ0v) is 12.9. The molecule has 3 nitrogen and oxygen atoms in total. The van der Waals surface area contributed by atoms with Gasteiger partial charge in [0.15, 0.2) is 5.78 Å². The summed E-state index contributed by atoms with van der Waals surface area (Å²) < 4.78 is 13.4. The number of hydrogen-bond donors (Lipinski definition) is 1. The highest BCUT2D eigenvalue weighted by molar-refractivity contribution is 6.18. The number of nitrogens with zero attached hydrogens (tertiary/aromatic N) is 1. The molecule has 0 fully saturated rings. The Morgan fingerprint density at radius 3 is 2.75 bits per heavy atom. The van der Waals surface area contributed by atoms with Crippen LogP contribution in [0, 0.1) is 5.82 Å². The summed E-state index contributed by atoms with van der Waals surface area (Å²) in [5.74, 6) is -0.434. The summed E-state index contributed by atoms with van der Waals surface area (Å²) in [5, 5.41) is 0.789. The van der Waals surface area contributed by atoms with E-state index in [4.69, 9.17) is 5.73 Å². The molecule has 24 heavy (non-hydrogen) atoms. The van der Waals surface area contributed by atoms with Crippen molar-refractivity contribution in [3.8, 4) is 0 Å². The van der Waals surface area contributed by atoms with Gasteiger partial charge in [-0.15, -0.1) is 0 Å². The Balaban J connectivity index is 1.84. The molecule has 0 unspecified atom stereocenters. The molecule has 1 aliphatic rings. The van der Waals surface area contributed by atoms with Crippen molar-refractivity contribution in [3.63, 3.8) is 0 Å². The Hall–Kier alpha value is -3.01. The molecule has 4 heteroatoms. The standard InChI is InChI=1S/C20H15FN2O/c21-14-5-3-4-12(11-14)10-13-8-9-17-18(20(13)24)19(22)15-6-1-2-7-16(15)23-17/h1-7,10-11H,8-9H2,(H2,22,23)/b13-10+. The van der Waals surface area contributed by atoms with Crippen molar-refractivity contribution in [3.05, 3.63) is 76.7 Å². The fraction of sp³-hybridized carbons (Fsp3) is 0.100. The number of nitrogen functional groups attached to an aromatic ring is 1. The lowest BCUT2D eigenvalue weighted by molar-refractivity contribution is 0.102. The average Bonchev–Trinajstić information content (AvgIpc) is 2.58. The third-order valence-corrected chi connectivity index (χ3v) is 4.35. The van der Waals surface area contributed by atoms with Gasteiger partial charge < -0.3 is 5.73 Å². The van der Waals surface area contributed by atoms with Gasteiger partial charge in [-0.25, -0.2) is 4.39 Å². The van der Waals surface area contributed by atoms with Crippen LogP contribution in [0.3, 0.4) is 0 Å². The van der Waals surface area contributed by atoms with Gasteiger partial charge in [-0.1, -0.05) is 30.3 Å². The largest absolute Gasteiger partial charge is 0.398 e.